The molecule has 1 aromatic rings. The van der Waals surface area contributed by atoms with E-state index in [1.165, 1.54) is 18.6 Å². The summed E-state index contributed by atoms with van der Waals surface area (Å²) in [7, 11) is 0. The Hall–Kier alpha value is -0.910. The summed E-state index contributed by atoms with van der Waals surface area (Å²) in [6.45, 7) is 0. The monoisotopic (exact) mass is 337 g/mol. The van der Waals surface area contributed by atoms with Crippen LogP contribution in [-0.4, -0.2) is 12.4 Å². The van der Waals surface area contributed by atoms with Crippen LogP contribution < -0.4 is 10.1 Å². The van der Waals surface area contributed by atoms with Gasteiger partial charge in [0, 0.05) is 22.3 Å². The summed E-state index contributed by atoms with van der Waals surface area (Å²) < 4.78 is 41.1. The van der Waals surface area contributed by atoms with Gasteiger partial charge in [0.1, 0.15) is 5.75 Å². The van der Waals surface area contributed by atoms with Gasteiger partial charge in [-0.15, -0.1) is 13.2 Å². The minimum atomic E-state index is -4.66. The Balaban J connectivity index is 2.07. The van der Waals surface area contributed by atoms with Crippen molar-refractivity contribution >= 4 is 21.6 Å². The molecule has 0 bridgehead atoms. The van der Waals surface area contributed by atoms with Crippen molar-refractivity contribution in [2.75, 3.05) is 5.32 Å². The fraction of sp³-hybridized carbons (Fsp3) is 0.538. The third-order valence-corrected chi connectivity index (χ3v) is 3.54. The van der Waals surface area contributed by atoms with E-state index in [-0.39, 0.29) is 5.75 Å². The number of rotatable bonds is 3. The summed E-state index contributed by atoms with van der Waals surface area (Å²) in [5.41, 5.74) is 0.653. The highest BCUT2D eigenvalue weighted by atomic mass is 79.9. The van der Waals surface area contributed by atoms with Gasteiger partial charge in [-0.2, -0.15) is 0 Å². The summed E-state index contributed by atoms with van der Waals surface area (Å²) in [6, 6.07) is 4.78. The molecule has 0 saturated heterocycles. The summed E-state index contributed by atoms with van der Waals surface area (Å²) in [5, 5.41) is 3.27. The first-order valence-electron chi connectivity index (χ1n) is 6.25. The number of anilines is 1. The lowest BCUT2D eigenvalue weighted by molar-refractivity contribution is -0.274. The second-order valence-corrected chi connectivity index (χ2v) is 5.62. The van der Waals surface area contributed by atoms with Crippen LogP contribution in [0.4, 0.5) is 18.9 Å². The fourth-order valence-electron chi connectivity index (χ4n) is 2.32. The lowest BCUT2D eigenvalue weighted by atomic mass is 9.95. The maximum Gasteiger partial charge on any atom is 0.573 e. The quantitative estimate of drug-likeness (QED) is 0.829. The SMILES string of the molecule is FC(F)(F)Oc1cc(Br)cc(NC2CCCCC2)c1. The molecule has 1 aliphatic rings. The molecule has 0 heterocycles. The molecule has 2 nitrogen and oxygen atoms in total. The van der Waals surface area contributed by atoms with E-state index >= 15 is 0 Å². The van der Waals surface area contributed by atoms with Gasteiger partial charge in [-0.3, -0.25) is 0 Å². The van der Waals surface area contributed by atoms with Crippen LogP contribution in [0.2, 0.25) is 0 Å². The maximum absolute atomic E-state index is 12.2. The topological polar surface area (TPSA) is 21.3 Å². The molecule has 0 spiro atoms. The number of hydrogen-bond acceptors (Lipinski definition) is 2. The molecule has 1 N–H and O–H groups in total. The maximum atomic E-state index is 12.2. The third-order valence-electron chi connectivity index (χ3n) is 3.08. The van der Waals surface area contributed by atoms with Crippen LogP contribution in [0.3, 0.4) is 0 Å². The zero-order valence-electron chi connectivity index (χ0n) is 10.3. The molecule has 0 amide bonds. The van der Waals surface area contributed by atoms with E-state index in [1.54, 1.807) is 6.07 Å². The molecule has 6 heteroatoms. The highest BCUT2D eigenvalue weighted by Crippen LogP contribution is 2.30. The van der Waals surface area contributed by atoms with Gasteiger partial charge in [-0.1, -0.05) is 35.2 Å². The van der Waals surface area contributed by atoms with E-state index in [1.807, 2.05) is 0 Å². The van der Waals surface area contributed by atoms with Gasteiger partial charge >= 0.3 is 6.36 Å². The van der Waals surface area contributed by atoms with Crippen LogP contribution in [-0.2, 0) is 0 Å². The van der Waals surface area contributed by atoms with E-state index < -0.39 is 6.36 Å². The minimum absolute atomic E-state index is 0.208. The first-order chi connectivity index (χ1) is 8.92. The van der Waals surface area contributed by atoms with Crippen molar-refractivity contribution in [3.63, 3.8) is 0 Å². The van der Waals surface area contributed by atoms with Crippen LogP contribution in [0.25, 0.3) is 0 Å². The van der Waals surface area contributed by atoms with Gasteiger partial charge in [0.05, 0.1) is 0 Å². The molecule has 0 atom stereocenters. The number of alkyl halides is 3. The van der Waals surface area contributed by atoms with Crippen LogP contribution >= 0.6 is 15.9 Å². The van der Waals surface area contributed by atoms with Crippen LogP contribution in [0, 0.1) is 0 Å². The van der Waals surface area contributed by atoms with Gasteiger partial charge < -0.3 is 10.1 Å². The summed E-state index contributed by atoms with van der Waals surface area (Å²) in [5.74, 6) is -0.208. The van der Waals surface area contributed by atoms with Crippen molar-refractivity contribution in [1.29, 1.82) is 0 Å². The Bertz CT molecular complexity index is 430. The number of hydrogen-bond donors (Lipinski definition) is 1. The van der Waals surface area contributed by atoms with Gasteiger partial charge in [0.25, 0.3) is 0 Å². The van der Waals surface area contributed by atoms with Crippen molar-refractivity contribution in [2.24, 2.45) is 0 Å². The van der Waals surface area contributed by atoms with Crippen molar-refractivity contribution in [2.45, 2.75) is 44.5 Å². The molecule has 1 saturated carbocycles. The Morgan fingerprint density at radius 3 is 2.42 bits per heavy atom. The Kier molecular flexibility index (Phi) is 4.60. The van der Waals surface area contributed by atoms with Crippen LogP contribution in [0.5, 0.6) is 5.75 Å². The molecule has 0 aliphatic heterocycles. The van der Waals surface area contributed by atoms with Crippen molar-refractivity contribution in [3.05, 3.63) is 22.7 Å². The highest BCUT2D eigenvalue weighted by molar-refractivity contribution is 9.10. The molecule has 1 fully saturated rings. The minimum Gasteiger partial charge on any atom is -0.406 e. The van der Waals surface area contributed by atoms with E-state index in [2.05, 4.69) is 26.0 Å². The Morgan fingerprint density at radius 2 is 1.79 bits per heavy atom. The predicted molar refractivity (Wildman–Crippen MR) is 71.3 cm³/mol. The van der Waals surface area contributed by atoms with Crippen molar-refractivity contribution in [1.82, 2.24) is 0 Å². The number of benzene rings is 1. The Morgan fingerprint density at radius 1 is 1.11 bits per heavy atom. The molecule has 1 aliphatic carbocycles. The number of ether oxygens (including phenoxy) is 1. The average Bonchev–Trinajstić information content (AvgIpc) is 2.26. The lowest BCUT2D eigenvalue weighted by Crippen LogP contribution is -2.22. The Labute approximate surface area is 118 Å². The van der Waals surface area contributed by atoms with Gasteiger partial charge in [-0.25, -0.2) is 0 Å². The second-order valence-electron chi connectivity index (χ2n) is 4.70. The number of nitrogens with one attached hydrogen (secondary N) is 1. The second kappa shape index (κ2) is 6.03. The zero-order valence-corrected chi connectivity index (χ0v) is 11.9. The summed E-state index contributed by atoms with van der Waals surface area (Å²) in [4.78, 5) is 0. The van der Waals surface area contributed by atoms with E-state index in [9.17, 15) is 13.2 Å². The average molecular weight is 338 g/mol. The molecule has 2 rings (SSSR count). The molecular formula is C13H15BrF3NO. The van der Waals surface area contributed by atoms with Gasteiger partial charge in [0.2, 0.25) is 0 Å². The first kappa shape index (κ1) is 14.5. The third kappa shape index (κ3) is 4.93. The van der Waals surface area contributed by atoms with Crippen LogP contribution in [0.1, 0.15) is 32.1 Å². The van der Waals surface area contributed by atoms with Crippen molar-refractivity contribution < 1.29 is 17.9 Å². The molecule has 0 radical (unpaired) electrons. The molecule has 106 valence electrons. The van der Waals surface area contributed by atoms with E-state index in [0.717, 1.165) is 25.7 Å². The smallest absolute Gasteiger partial charge is 0.406 e. The van der Waals surface area contributed by atoms with Gasteiger partial charge in [0.15, 0.2) is 0 Å². The summed E-state index contributed by atoms with van der Waals surface area (Å²) in [6.07, 6.45) is 1.01. The van der Waals surface area contributed by atoms with Crippen LogP contribution in [0.15, 0.2) is 22.7 Å². The molecule has 0 aromatic heterocycles. The van der Waals surface area contributed by atoms with E-state index in [4.69, 9.17) is 0 Å². The standard InChI is InChI=1S/C13H15BrF3NO/c14-9-6-11(18-10-4-2-1-3-5-10)8-12(7-9)19-13(15,16)17/h6-8,10,18H,1-5H2. The predicted octanol–water partition coefficient (Wildman–Crippen LogP) is 5.09. The van der Waals surface area contributed by atoms with E-state index in [0.29, 0.717) is 16.2 Å². The normalized spacial score (nSPS) is 17.3. The fourth-order valence-corrected chi connectivity index (χ4v) is 2.79. The first-order valence-corrected chi connectivity index (χ1v) is 7.04. The summed E-state index contributed by atoms with van der Waals surface area (Å²) >= 11 is 3.20. The molecular weight excluding hydrogens is 323 g/mol. The highest BCUT2D eigenvalue weighted by Gasteiger charge is 2.31. The molecule has 19 heavy (non-hydrogen) atoms. The molecule has 1 aromatic carbocycles. The zero-order chi connectivity index (χ0) is 13.9. The lowest BCUT2D eigenvalue weighted by Gasteiger charge is -2.24. The molecule has 0 unspecified atom stereocenters. The van der Waals surface area contributed by atoms with Gasteiger partial charge in [-0.05, 0) is 25.0 Å². The number of halogens is 4. The van der Waals surface area contributed by atoms with Crippen molar-refractivity contribution in [3.8, 4) is 5.75 Å². The largest absolute Gasteiger partial charge is 0.573 e.